The van der Waals surface area contributed by atoms with Gasteiger partial charge in [0, 0.05) is 26.2 Å². The van der Waals surface area contributed by atoms with E-state index < -0.39 is 10.2 Å². The fourth-order valence-electron chi connectivity index (χ4n) is 2.95. The zero-order valence-corrected chi connectivity index (χ0v) is 13.3. The number of nitrogens with zero attached hydrogens (tertiary/aromatic N) is 2. The lowest BCUT2D eigenvalue weighted by Crippen LogP contribution is -2.50. The SMILES string of the molecule is CNCC1CCCN(S(=O)(=O)N2CCCCC2)C1.Cl. The van der Waals surface area contributed by atoms with Crippen LogP contribution < -0.4 is 5.32 Å². The van der Waals surface area contributed by atoms with Gasteiger partial charge in [0.25, 0.3) is 10.2 Å². The molecule has 2 rings (SSSR count). The lowest BCUT2D eigenvalue weighted by atomic mass is 10.00. The van der Waals surface area contributed by atoms with Crippen molar-refractivity contribution in [2.24, 2.45) is 5.92 Å². The third-order valence-corrected chi connectivity index (χ3v) is 5.94. The number of hydrogen-bond donors (Lipinski definition) is 1. The van der Waals surface area contributed by atoms with Gasteiger partial charge in [0.1, 0.15) is 0 Å². The quantitative estimate of drug-likeness (QED) is 0.845. The highest BCUT2D eigenvalue weighted by atomic mass is 35.5. The molecule has 5 nitrogen and oxygen atoms in total. The first-order chi connectivity index (χ1) is 8.64. The molecule has 2 aliphatic heterocycles. The second kappa shape index (κ2) is 7.78. The highest BCUT2D eigenvalue weighted by Crippen LogP contribution is 2.22. The predicted molar refractivity (Wildman–Crippen MR) is 79.8 cm³/mol. The van der Waals surface area contributed by atoms with Crippen molar-refractivity contribution < 1.29 is 8.42 Å². The van der Waals surface area contributed by atoms with Gasteiger partial charge in [-0.2, -0.15) is 17.0 Å². The van der Waals surface area contributed by atoms with Crippen LogP contribution in [0.5, 0.6) is 0 Å². The molecule has 2 fully saturated rings. The average Bonchev–Trinajstić information content (AvgIpc) is 2.40. The summed E-state index contributed by atoms with van der Waals surface area (Å²) in [4.78, 5) is 0. The molecule has 1 atom stereocenters. The van der Waals surface area contributed by atoms with Gasteiger partial charge in [-0.3, -0.25) is 0 Å². The Morgan fingerprint density at radius 3 is 2.32 bits per heavy atom. The fourth-order valence-corrected chi connectivity index (χ4v) is 4.76. The summed E-state index contributed by atoms with van der Waals surface area (Å²) in [7, 11) is -1.27. The molecule has 7 heteroatoms. The van der Waals surface area contributed by atoms with Crippen LogP contribution in [0.25, 0.3) is 0 Å². The zero-order valence-electron chi connectivity index (χ0n) is 11.7. The van der Waals surface area contributed by atoms with E-state index in [1.165, 1.54) is 0 Å². The Kier molecular flexibility index (Phi) is 7.04. The van der Waals surface area contributed by atoms with Gasteiger partial charge in [0.2, 0.25) is 0 Å². The third kappa shape index (κ3) is 4.29. The Morgan fingerprint density at radius 2 is 1.68 bits per heavy atom. The molecule has 0 radical (unpaired) electrons. The summed E-state index contributed by atoms with van der Waals surface area (Å²) in [6.07, 6.45) is 5.29. The maximum atomic E-state index is 12.5. The van der Waals surface area contributed by atoms with E-state index >= 15 is 0 Å². The molecular formula is C12H26ClN3O2S. The Labute approximate surface area is 123 Å². The Balaban J connectivity index is 0.00000180. The van der Waals surface area contributed by atoms with Gasteiger partial charge < -0.3 is 5.32 Å². The molecule has 0 aromatic heterocycles. The summed E-state index contributed by atoms with van der Waals surface area (Å²) < 4.78 is 28.4. The molecule has 0 saturated carbocycles. The molecular weight excluding hydrogens is 286 g/mol. The minimum Gasteiger partial charge on any atom is -0.319 e. The molecule has 1 N–H and O–H groups in total. The molecule has 2 heterocycles. The smallest absolute Gasteiger partial charge is 0.281 e. The zero-order chi connectivity index (χ0) is 13.0. The van der Waals surface area contributed by atoms with Crippen LogP contribution in [0.3, 0.4) is 0 Å². The minimum absolute atomic E-state index is 0. The van der Waals surface area contributed by atoms with E-state index in [-0.39, 0.29) is 12.4 Å². The molecule has 114 valence electrons. The molecule has 19 heavy (non-hydrogen) atoms. The van der Waals surface area contributed by atoms with Gasteiger partial charge >= 0.3 is 0 Å². The summed E-state index contributed by atoms with van der Waals surface area (Å²) in [5, 5.41) is 3.15. The first-order valence-corrected chi connectivity index (χ1v) is 8.44. The standard InChI is InChI=1S/C12H25N3O2S.ClH/c1-13-10-12-6-5-9-15(11-12)18(16,17)14-7-3-2-4-8-14;/h12-13H,2-11H2,1H3;1H. The van der Waals surface area contributed by atoms with Crippen molar-refractivity contribution in [3.63, 3.8) is 0 Å². The van der Waals surface area contributed by atoms with Crippen molar-refractivity contribution in [2.75, 3.05) is 39.8 Å². The Bertz CT molecular complexity index is 356. The van der Waals surface area contributed by atoms with E-state index in [2.05, 4.69) is 5.32 Å². The van der Waals surface area contributed by atoms with Crippen LogP contribution in [0.1, 0.15) is 32.1 Å². The highest BCUT2D eigenvalue weighted by Gasteiger charge is 2.33. The summed E-state index contributed by atoms with van der Waals surface area (Å²) in [6, 6.07) is 0. The van der Waals surface area contributed by atoms with Crippen LogP contribution >= 0.6 is 12.4 Å². The van der Waals surface area contributed by atoms with Crippen molar-refractivity contribution in [1.82, 2.24) is 13.9 Å². The van der Waals surface area contributed by atoms with Crippen LogP contribution in [0.4, 0.5) is 0 Å². The van der Waals surface area contributed by atoms with Crippen LogP contribution in [0.2, 0.25) is 0 Å². The molecule has 0 spiro atoms. The van der Waals surface area contributed by atoms with Crippen molar-refractivity contribution in [3.05, 3.63) is 0 Å². The van der Waals surface area contributed by atoms with Gasteiger partial charge in [-0.15, -0.1) is 12.4 Å². The van der Waals surface area contributed by atoms with Gasteiger partial charge in [-0.1, -0.05) is 6.42 Å². The second-order valence-electron chi connectivity index (χ2n) is 5.39. The van der Waals surface area contributed by atoms with Crippen LogP contribution in [-0.4, -0.2) is 56.8 Å². The van der Waals surface area contributed by atoms with Crippen molar-refractivity contribution in [2.45, 2.75) is 32.1 Å². The van der Waals surface area contributed by atoms with E-state index in [0.29, 0.717) is 32.1 Å². The molecule has 0 bridgehead atoms. The lowest BCUT2D eigenvalue weighted by Gasteiger charge is -2.36. The van der Waals surface area contributed by atoms with E-state index in [4.69, 9.17) is 0 Å². The predicted octanol–water partition coefficient (Wildman–Crippen LogP) is 1.07. The maximum absolute atomic E-state index is 12.5. The average molecular weight is 312 g/mol. The normalized spacial score (nSPS) is 26.9. The lowest BCUT2D eigenvalue weighted by molar-refractivity contribution is 0.236. The van der Waals surface area contributed by atoms with Gasteiger partial charge in [-0.05, 0) is 45.2 Å². The van der Waals surface area contributed by atoms with Crippen LogP contribution in [-0.2, 0) is 10.2 Å². The summed E-state index contributed by atoms with van der Waals surface area (Å²) in [5.41, 5.74) is 0. The van der Waals surface area contributed by atoms with E-state index in [9.17, 15) is 8.42 Å². The molecule has 0 aromatic carbocycles. The van der Waals surface area contributed by atoms with Crippen molar-refractivity contribution in [1.29, 1.82) is 0 Å². The summed E-state index contributed by atoms with van der Waals surface area (Å²) >= 11 is 0. The fraction of sp³-hybridized carbons (Fsp3) is 1.00. The Hall–Kier alpha value is 0.120. The molecule has 0 aromatic rings. The molecule has 2 aliphatic rings. The first-order valence-electron chi connectivity index (χ1n) is 7.04. The van der Waals surface area contributed by atoms with E-state index in [0.717, 1.165) is 38.6 Å². The molecule has 1 unspecified atom stereocenters. The van der Waals surface area contributed by atoms with E-state index in [1.807, 2.05) is 7.05 Å². The number of rotatable bonds is 4. The van der Waals surface area contributed by atoms with Crippen LogP contribution in [0, 0.1) is 5.92 Å². The van der Waals surface area contributed by atoms with Gasteiger partial charge in [0.15, 0.2) is 0 Å². The van der Waals surface area contributed by atoms with Crippen molar-refractivity contribution >= 4 is 22.6 Å². The minimum atomic E-state index is -3.20. The summed E-state index contributed by atoms with van der Waals surface area (Å²) in [6.45, 7) is 3.69. The number of halogens is 1. The molecule has 2 saturated heterocycles. The van der Waals surface area contributed by atoms with Crippen LogP contribution in [0.15, 0.2) is 0 Å². The monoisotopic (exact) mass is 311 g/mol. The van der Waals surface area contributed by atoms with Gasteiger partial charge in [-0.25, -0.2) is 0 Å². The number of hydrogen-bond acceptors (Lipinski definition) is 3. The topological polar surface area (TPSA) is 52.7 Å². The molecule has 0 amide bonds. The Morgan fingerprint density at radius 1 is 1.05 bits per heavy atom. The second-order valence-corrected chi connectivity index (χ2v) is 7.32. The van der Waals surface area contributed by atoms with Gasteiger partial charge in [0.05, 0.1) is 0 Å². The number of nitrogens with one attached hydrogen (secondary N) is 1. The molecule has 0 aliphatic carbocycles. The van der Waals surface area contributed by atoms with Crippen molar-refractivity contribution in [3.8, 4) is 0 Å². The maximum Gasteiger partial charge on any atom is 0.281 e. The van der Waals surface area contributed by atoms with E-state index in [1.54, 1.807) is 8.61 Å². The number of piperidine rings is 2. The largest absolute Gasteiger partial charge is 0.319 e. The highest BCUT2D eigenvalue weighted by molar-refractivity contribution is 7.86. The third-order valence-electron chi connectivity index (χ3n) is 3.94. The summed E-state index contributed by atoms with van der Waals surface area (Å²) in [5.74, 6) is 0.461. The first kappa shape index (κ1) is 17.2.